The Hall–Kier alpha value is -2.29. The molecule has 0 aliphatic carbocycles. The van der Waals surface area contributed by atoms with Crippen LogP contribution in [0, 0.1) is 0 Å². The van der Waals surface area contributed by atoms with Crippen molar-refractivity contribution in [2.75, 3.05) is 19.6 Å². The van der Waals surface area contributed by atoms with Gasteiger partial charge in [0.1, 0.15) is 6.04 Å². The van der Waals surface area contributed by atoms with Gasteiger partial charge in [-0.1, -0.05) is 12.1 Å². The minimum absolute atomic E-state index is 0.0596. The third kappa shape index (κ3) is 3.64. The van der Waals surface area contributed by atoms with Crippen molar-refractivity contribution in [2.24, 2.45) is 0 Å². The lowest BCUT2D eigenvalue weighted by molar-refractivity contribution is -0.151. The topological polar surface area (TPSA) is 99.8 Å². The molecule has 0 saturated carbocycles. The van der Waals surface area contributed by atoms with E-state index in [9.17, 15) is 14.4 Å². The number of carbonyl (C=O) groups excluding carboxylic acids is 3. The second kappa shape index (κ2) is 7.76. The van der Waals surface area contributed by atoms with Gasteiger partial charge < -0.3 is 20.3 Å². The number of amides is 3. The largest absolute Gasteiger partial charge is 0.368 e. The monoisotopic (exact) mass is 412 g/mol. The quantitative estimate of drug-likeness (QED) is 0.608. The molecule has 0 bridgehead atoms. The summed E-state index contributed by atoms with van der Waals surface area (Å²) in [4.78, 5) is 38.1. The summed E-state index contributed by atoms with van der Waals surface area (Å²) in [6, 6.07) is 5.37. The molecular formula is C22H28N4O4. The van der Waals surface area contributed by atoms with Gasteiger partial charge in [-0.3, -0.25) is 19.7 Å². The normalized spacial score (nSPS) is 27.7. The third-order valence-electron chi connectivity index (χ3n) is 6.76. The Morgan fingerprint density at radius 2 is 2.07 bits per heavy atom. The number of hydrogen-bond acceptors (Lipinski definition) is 6. The van der Waals surface area contributed by atoms with Crippen molar-refractivity contribution < 1.29 is 19.1 Å². The van der Waals surface area contributed by atoms with Crippen LogP contribution in [0.1, 0.15) is 53.6 Å². The summed E-state index contributed by atoms with van der Waals surface area (Å²) in [5, 5.41) is 9.13. The molecule has 160 valence electrons. The molecule has 0 radical (unpaired) electrons. The number of rotatable bonds is 5. The van der Waals surface area contributed by atoms with Crippen LogP contribution >= 0.6 is 0 Å². The van der Waals surface area contributed by atoms with Crippen molar-refractivity contribution in [1.29, 1.82) is 0 Å². The van der Waals surface area contributed by atoms with Crippen LogP contribution in [-0.2, 0) is 27.4 Å². The lowest BCUT2D eigenvalue weighted by atomic mass is 9.86. The third-order valence-corrected chi connectivity index (χ3v) is 6.76. The molecule has 3 fully saturated rings. The fraction of sp³-hybridized carbons (Fsp3) is 0.591. The number of benzene rings is 1. The van der Waals surface area contributed by atoms with E-state index in [1.165, 1.54) is 6.42 Å². The molecule has 1 aromatic carbocycles. The Labute approximate surface area is 175 Å². The molecule has 1 spiro atoms. The molecule has 3 amide bonds. The zero-order valence-electron chi connectivity index (χ0n) is 17.0. The molecule has 2 unspecified atom stereocenters. The molecule has 0 aromatic heterocycles. The molecule has 5 rings (SSSR count). The van der Waals surface area contributed by atoms with Gasteiger partial charge in [0.25, 0.3) is 5.91 Å². The van der Waals surface area contributed by atoms with Gasteiger partial charge in [-0.05, 0) is 42.9 Å². The summed E-state index contributed by atoms with van der Waals surface area (Å²) in [5.74, 6) is -0.771. The van der Waals surface area contributed by atoms with Crippen LogP contribution in [0.4, 0.5) is 0 Å². The van der Waals surface area contributed by atoms with Gasteiger partial charge in [0.15, 0.2) is 0 Å². The fourth-order valence-electron chi connectivity index (χ4n) is 5.02. The summed E-state index contributed by atoms with van der Waals surface area (Å²) in [5.41, 5.74) is 2.70. The van der Waals surface area contributed by atoms with Crippen LogP contribution < -0.4 is 16.0 Å². The Bertz CT molecular complexity index is 882. The SMILES string of the molecule is O=C1CCC(N2Cc3ccc(CNCC4CCCC5(CNC5)O4)cc3C2=O)C(=O)N1. The van der Waals surface area contributed by atoms with Crippen molar-refractivity contribution in [1.82, 2.24) is 20.9 Å². The average Bonchev–Trinajstić information content (AvgIpc) is 3.03. The summed E-state index contributed by atoms with van der Waals surface area (Å²) >= 11 is 0. The van der Waals surface area contributed by atoms with E-state index in [-0.39, 0.29) is 35.8 Å². The molecule has 30 heavy (non-hydrogen) atoms. The smallest absolute Gasteiger partial charge is 0.255 e. The predicted molar refractivity (Wildman–Crippen MR) is 109 cm³/mol. The molecule has 1 aromatic rings. The summed E-state index contributed by atoms with van der Waals surface area (Å²) in [6.07, 6.45) is 4.33. The highest BCUT2D eigenvalue weighted by Gasteiger charge is 2.42. The maximum absolute atomic E-state index is 12.9. The molecule has 3 N–H and O–H groups in total. The number of piperidine rings is 1. The number of fused-ring (bicyclic) bond motifs is 1. The van der Waals surface area contributed by atoms with Crippen LogP contribution in [0.3, 0.4) is 0 Å². The van der Waals surface area contributed by atoms with Gasteiger partial charge >= 0.3 is 0 Å². The van der Waals surface area contributed by atoms with Gasteiger partial charge in [-0.25, -0.2) is 0 Å². The molecular weight excluding hydrogens is 384 g/mol. The molecule has 2 atom stereocenters. The fourth-order valence-corrected chi connectivity index (χ4v) is 5.02. The van der Waals surface area contributed by atoms with Gasteiger partial charge in [0.05, 0.1) is 11.7 Å². The zero-order chi connectivity index (χ0) is 20.7. The lowest BCUT2D eigenvalue weighted by Gasteiger charge is -2.48. The summed E-state index contributed by atoms with van der Waals surface area (Å²) in [7, 11) is 0. The van der Waals surface area contributed by atoms with E-state index >= 15 is 0 Å². The second-order valence-corrected chi connectivity index (χ2v) is 8.94. The van der Waals surface area contributed by atoms with Crippen molar-refractivity contribution in [2.45, 2.75) is 62.9 Å². The van der Waals surface area contributed by atoms with Gasteiger partial charge in [0.2, 0.25) is 11.8 Å². The van der Waals surface area contributed by atoms with Crippen molar-refractivity contribution in [3.8, 4) is 0 Å². The highest BCUT2D eigenvalue weighted by molar-refractivity contribution is 6.05. The van der Waals surface area contributed by atoms with Crippen LogP contribution in [-0.4, -0.2) is 60.0 Å². The molecule has 4 aliphatic heterocycles. The summed E-state index contributed by atoms with van der Waals surface area (Å²) in [6.45, 7) is 3.81. The van der Waals surface area contributed by atoms with E-state index < -0.39 is 6.04 Å². The second-order valence-electron chi connectivity index (χ2n) is 8.94. The maximum atomic E-state index is 12.9. The Balaban J connectivity index is 1.18. The standard InChI is InChI=1S/C22H28N4O4/c27-19-6-5-18(20(28)25-19)26-11-15-4-3-14(8-17(15)21(26)29)9-23-10-16-2-1-7-22(30-16)12-24-13-22/h3-4,8,16,18,23-24H,1-2,5-7,9-13H2,(H,25,27,28). The van der Waals surface area contributed by atoms with Crippen molar-refractivity contribution in [3.05, 3.63) is 34.9 Å². The van der Waals surface area contributed by atoms with Crippen molar-refractivity contribution in [3.63, 3.8) is 0 Å². The number of carbonyl (C=O) groups is 3. The minimum atomic E-state index is -0.569. The minimum Gasteiger partial charge on any atom is -0.368 e. The van der Waals surface area contributed by atoms with Crippen molar-refractivity contribution >= 4 is 17.7 Å². The van der Waals surface area contributed by atoms with E-state index in [4.69, 9.17) is 4.74 Å². The first kappa shape index (κ1) is 19.7. The van der Waals surface area contributed by atoms with E-state index in [0.717, 1.165) is 43.6 Å². The Kier molecular flexibility index (Phi) is 5.08. The van der Waals surface area contributed by atoms with E-state index in [1.54, 1.807) is 4.90 Å². The van der Waals surface area contributed by atoms with Crippen LogP contribution in [0.2, 0.25) is 0 Å². The number of imide groups is 1. The van der Waals surface area contributed by atoms with Crippen LogP contribution in [0.5, 0.6) is 0 Å². The molecule has 4 aliphatic rings. The number of ether oxygens (including phenoxy) is 1. The van der Waals surface area contributed by atoms with E-state index in [1.807, 2.05) is 18.2 Å². The molecule has 8 nitrogen and oxygen atoms in total. The molecule has 3 saturated heterocycles. The number of hydrogen-bond donors (Lipinski definition) is 3. The number of nitrogens with one attached hydrogen (secondary N) is 3. The highest BCUT2D eigenvalue weighted by atomic mass is 16.5. The molecule has 4 heterocycles. The maximum Gasteiger partial charge on any atom is 0.255 e. The van der Waals surface area contributed by atoms with Gasteiger partial charge in [0, 0.05) is 44.7 Å². The highest BCUT2D eigenvalue weighted by Crippen LogP contribution is 2.32. The zero-order valence-corrected chi connectivity index (χ0v) is 17.0. The summed E-state index contributed by atoms with van der Waals surface area (Å²) < 4.78 is 6.29. The number of nitrogens with zero attached hydrogens (tertiary/aromatic N) is 1. The van der Waals surface area contributed by atoms with Crippen LogP contribution in [0.15, 0.2) is 18.2 Å². The lowest BCUT2D eigenvalue weighted by Crippen LogP contribution is -2.64. The van der Waals surface area contributed by atoms with Gasteiger partial charge in [-0.2, -0.15) is 0 Å². The van der Waals surface area contributed by atoms with E-state index in [2.05, 4.69) is 16.0 Å². The first-order valence-electron chi connectivity index (χ1n) is 10.9. The Morgan fingerprint density at radius 1 is 1.20 bits per heavy atom. The molecule has 8 heteroatoms. The Morgan fingerprint density at radius 3 is 2.83 bits per heavy atom. The van der Waals surface area contributed by atoms with E-state index in [0.29, 0.717) is 25.1 Å². The first-order chi connectivity index (χ1) is 14.5. The van der Waals surface area contributed by atoms with Gasteiger partial charge in [-0.15, -0.1) is 0 Å². The average molecular weight is 412 g/mol. The van der Waals surface area contributed by atoms with Crippen LogP contribution in [0.25, 0.3) is 0 Å². The first-order valence-corrected chi connectivity index (χ1v) is 10.9. The predicted octanol–water partition coefficient (Wildman–Crippen LogP) is 0.448.